The van der Waals surface area contributed by atoms with Crippen LogP contribution in [0.1, 0.15) is 73.1 Å². The Hall–Kier alpha value is -0.780. The van der Waals surface area contributed by atoms with Crippen LogP contribution in [0.5, 0.6) is 0 Å². The maximum Gasteiger partial charge on any atom is -0.0149 e. The Bertz CT molecular complexity index is 431. The van der Waals surface area contributed by atoms with Gasteiger partial charge in [0.05, 0.1) is 0 Å². The molecular weight excluding hydrogens is 240 g/mol. The highest BCUT2D eigenvalue weighted by molar-refractivity contribution is 5.17. The van der Waals surface area contributed by atoms with Crippen molar-refractivity contribution in [2.45, 2.75) is 73.1 Å². The van der Waals surface area contributed by atoms with Crippen LogP contribution in [0.4, 0.5) is 0 Å². The number of hydrogen-bond donors (Lipinski definition) is 0. The minimum atomic E-state index is 0.440. The lowest BCUT2D eigenvalue weighted by molar-refractivity contribution is 0.119. The molecule has 0 aromatic carbocycles. The zero-order chi connectivity index (χ0) is 14.8. The van der Waals surface area contributed by atoms with Crippen LogP contribution in [-0.2, 0) is 0 Å². The molecule has 2 aliphatic carbocycles. The van der Waals surface area contributed by atoms with E-state index in [0.29, 0.717) is 5.41 Å². The molecule has 0 saturated heterocycles. The average molecular weight is 272 g/mol. The molecule has 0 spiro atoms. The third-order valence-corrected chi connectivity index (χ3v) is 5.83. The summed E-state index contributed by atoms with van der Waals surface area (Å²) in [5.74, 6) is 1.58. The normalized spacial score (nSPS) is 36.5. The topological polar surface area (TPSA) is 0 Å². The summed E-state index contributed by atoms with van der Waals surface area (Å²) in [6.45, 7) is 12.0. The molecule has 0 fully saturated rings. The van der Waals surface area contributed by atoms with Crippen LogP contribution in [-0.4, -0.2) is 0 Å². The van der Waals surface area contributed by atoms with Crippen molar-refractivity contribution in [3.63, 3.8) is 0 Å². The van der Waals surface area contributed by atoms with Gasteiger partial charge in [-0.2, -0.15) is 0 Å². The summed E-state index contributed by atoms with van der Waals surface area (Å²) in [5.41, 5.74) is 5.24. The van der Waals surface area contributed by atoms with Gasteiger partial charge in [-0.1, -0.05) is 48.8 Å². The van der Waals surface area contributed by atoms with Crippen LogP contribution in [0, 0.1) is 17.3 Å². The van der Waals surface area contributed by atoms with Crippen LogP contribution in [0.2, 0.25) is 0 Å². The summed E-state index contributed by atoms with van der Waals surface area (Å²) in [7, 11) is 0. The largest absolute Gasteiger partial charge is 0.0853 e. The van der Waals surface area contributed by atoms with Crippen molar-refractivity contribution in [2.75, 3.05) is 0 Å². The molecule has 2 rings (SSSR count). The zero-order valence-corrected chi connectivity index (χ0v) is 14.1. The molecule has 2 aliphatic rings. The lowest BCUT2D eigenvalue weighted by Gasteiger charge is -2.45. The molecule has 0 saturated carbocycles. The van der Waals surface area contributed by atoms with Gasteiger partial charge in [0.25, 0.3) is 0 Å². The highest BCUT2D eigenvalue weighted by Crippen LogP contribution is 2.49. The van der Waals surface area contributed by atoms with Crippen LogP contribution in [0.3, 0.4) is 0 Å². The molecule has 0 heteroatoms. The van der Waals surface area contributed by atoms with E-state index in [1.165, 1.54) is 38.5 Å². The first kappa shape index (κ1) is 15.6. The molecule has 0 N–H and O–H groups in total. The first-order valence-electron chi connectivity index (χ1n) is 8.39. The second-order valence-corrected chi connectivity index (χ2v) is 7.67. The van der Waals surface area contributed by atoms with Gasteiger partial charge in [0.15, 0.2) is 0 Å². The Kier molecular flexibility index (Phi) is 4.94. The molecule has 0 unspecified atom stereocenters. The van der Waals surface area contributed by atoms with Gasteiger partial charge in [-0.15, -0.1) is 0 Å². The van der Waals surface area contributed by atoms with E-state index in [9.17, 15) is 0 Å². The maximum atomic E-state index is 2.52. The standard InChI is InChI=1S/C20H32/c1-15-7-6-8-16(2)10-14-19-17(3)11-13-18(12-9-15)20(19,4)5/h8-9,11,18-19H,6-7,10,12-14H2,1-5H3/b15-9+,16-8+/t18-,19+/m1/s1. The highest BCUT2D eigenvalue weighted by Gasteiger charge is 2.39. The summed E-state index contributed by atoms with van der Waals surface area (Å²) in [5, 5.41) is 0. The van der Waals surface area contributed by atoms with Crippen LogP contribution in [0.15, 0.2) is 34.9 Å². The molecule has 0 aliphatic heterocycles. The van der Waals surface area contributed by atoms with E-state index < -0.39 is 0 Å². The van der Waals surface area contributed by atoms with E-state index in [4.69, 9.17) is 0 Å². The van der Waals surface area contributed by atoms with Crippen molar-refractivity contribution in [3.05, 3.63) is 34.9 Å². The predicted octanol–water partition coefficient (Wildman–Crippen LogP) is 6.45. The fraction of sp³-hybridized carbons (Fsp3) is 0.700. The Morgan fingerprint density at radius 3 is 2.30 bits per heavy atom. The van der Waals surface area contributed by atoms with Gasteiger partial charge in [0.2, 0.25) is 0 Å². The van der Waals surface area contributed by atoms with Gasteiger partial charge < -0.3 is 0 Å². The lowest BCUT2D eigenvalue weighted by Crippen LogP contribution is -2.36. The molecular formula is C20H32. The Balaban J connectivity index is 2.29. The predicted molar refractivity (Wildman–Crippen MR) is 89.7 cm³/mol. The average Bonchev–Trinajstić information content (AvgIpc) is 2.36. The molecule has 20 heavy (non-hydrogen) atoms. The minimum absolute atomic E-state index is 0.440. The van der Waals surface area contributed by atoms with Gasteiger partial charge in [-0.05, 0) is 76.5 Å². The number of fused-ring (bicyclic) bond motifs is 2. The minimum Gasteiger partial charge on any atom is -0.0853 e. The van der Waals surface area contributed by atoms with E-state index in [0.717, 1.165) is 11.8 Å². The van der Waals surface area contributed by atoms with E-state index in [2.05, 4.69) is 52.8 Å². The Morgan fingerprint density at radius 1 is 0.900 bits per heavy atom. The first-order chi connectivity index (χ1) is 9.41. The van der Waals surface area contributed by atoms with E-state index in [-0.39, 0.29) is 0 Å². The van der Waals surface area contributed by atoms with Crippen LogP contribution >= 0.6 is 0 Å². The molecule has 0 aromatic heterocycles. The first-order valence-corrected chi connectivity index (χ1v) is 8.39. The quantitative estimate of drug-likeness (QED) is 0.444. The molecule has 2 atom stereocenters. The van der Waals surface area contributed by atoms with E-state index in [1.54, 1.807) is 16.7 Å². The van der Waals surface area contributed by atoms with Crippen molar-refractivity contribution >= 4 is 0 Å². The van der Waals surface area contributed by atoms with Crippen LogP contribution < -0.4 is 0 Å². The van der Waals surface area contributed by atoms with Gasteiger partial charge in [-0.25, -0.2) is 0 Å². The molecule has 0 aromatic rings. The summed E-state index contributed by atoms with van der Waals surface area (Å²) in [4.78, 5) is 0. The molecule has 0 amide bonds. The van der Waals surface area contributed by atoms with Gasteiger partial charge in [0, 0.05) is 0 Å². The number of rotatable bonds is 0. The van der Waals surface area contributed by atoms with Crippen molar-refractivity contribution in [1.82, 2.24) is 0 Å². The van der Waals surface area contributed by atoms with Gasteiger partial charge in [-0.3, -0.25) is 0 Å². The number of allylic oxidation sites excluding steroid dienone is 6. The third-order valence-electron chi connectivity index (χ3n) is 5.83. The lowest BCUT2D eigenvalue weighted by atomic mass is 9.60. The van der Waals surface area contributed by atoms with Gasteiger partial charge >= 0.3 is 0 Å². The monoisotopic (exact) mass is 272 g/mol. The second kappa shape index (κ2) is 6.33. The maximum absolute atomic E-state index is 2.52. The summed E-state index contributed by atoms with van der Waals surface area (Å²) in [6, 6.07) is 0. The van der Waals surface area contributed by atoms with E-state index in [1.807, 2.05) is 0 Å². The summed E-state index contributed by atoms with van der Waals surface area (Å²) < 4.78 is 0. The van der Waals surface area contributed by atoms with Crippen molar-refractivity contribution in [3.8, 4) is 0 Å². The third kappa shape index (κ3) is 3.45. The molecule has 0 heterocycles. The molecule has 0 nitrogen and oxygen atoms in total. The highest BCUT2D eigenvalue weighted by atomic mass is 14.4. The second-order valence-electron chi connectivity index (χ2n) is 7.67. The Morgan fingerprint density at radius 2 is 1.55 bits per heavy atom. The Labute approximate surface area is 126 Å². The van der Waals surface area contributed by atoms with Crippen molar-refractivity contribution < 1.29 is 0 Å². The van der Waals surface area contributed by atoms with Crippen molar-refractivity contribution in [1.29, 1.82) is 0 Å². The summed E-state index contributed by atoms with van der Waals surface area (Å²) >= 11 is 0. The SMILES string of the molecule is CC1=CC[C@H]2C/C=C(\C)CC/C=C(\C)CC[C@@H]1C2(C)C. The van der Waals surface area contributed by atoms with Crippen molar-refractivity contribution in [2.24, 2.45) is 17.3 Å². The molecule has 0 radical (unpaired) electrons. The summed E-state index contributed by atoms with van der Waals surface area (Å²) in [6.07, 6.45) is 15.1. The zero-order valence-electron chi connectivity index (χ0n) is 14.1. The fourth-order valence-electron chi connectivity index (χ4n) is 4.11. The smallest absolute Gasteiger partial charge is 0.0149 e. The number of hydrogen-bond acceptors (Lipinski definition) is 0. The van der Waals surface area contributed by atoms with Gasteiger partial charge in [0.1, 0.15) is 0 Å². The van der Waals surface area contributed by atoms with Crippen LogP contribution in [0.25, 0.3) is 0 Å². The van der Waals surface area contributed by atoms with E-state index >= 15 is 0 Å². The fourth-order valence-corrected chi connectivity index (χ4v) is 4.11. The molecule has 112 valence electrons. The molecule has 2 bridgehead atoms.